The molecule has 0 heterocycles. The maximum atomic E-state index is 9.59. The first-order valence-corrected chi connectivity index (χ1v) is 3.05. The molecular formula is H5BLiO6P. The molecule has 0 aromatic carbocycles. The SMILES string of the molecule is O=P(O)(O)OB(O)O.[LiH]. The second-order valence-electron chi connectivity index (χ2n) is 0.922. The summed E-state index contributed by atoms with van der Waals surface area (Å²) in [7, 11) is -7.14. The summed E-state index contributed by atoms with van der Waals surface area (Å²) in [5.74, 6) is 0. The molecule has 0 rings (SSSR count). The third-order valence-electron chi connectivity index (χ3n) is 0.232. The van der Waals surface area contributed by atoms with Gasteiger partial charge in [-0.3, -0.25) is 4.44 Å². The van der Waals surface area contributed by atoms with Gasteiger partial charge < -0.3 is 19.8 Å². The molecule has 0 aliphatic heterocycles. The fraction of sp³-hybridized carbons (Fsp3) is 0. The minimum atomic E-state index is -4.72. The van der Waals surface area contributed by atoms with Crippen LogP contribution in [0, 0.1) is 0 Å². The fourth-order valence-electron chi connectivity index (χ4n) is 0.123. The van der Waals surface area contributed by atoms with Crippen LogP contribution in [-0.4, -0.2) is 46.0 Å². The van der Waals surface area contributed by atoms with Gasteiger partial charge in [0.05, 0.1) is 0 Å². The summed E-state index contributed by atoms with van der Waals surface area (Å²) in [6, 6.07) is 0. The summed E-state index contributed by atoms with van der Waals surface area (Å²) in [5, 5.41) is 15.5. The Morgan fingerprint density at radius 2 is 1.67 bits per heavy atom. The van der Waals surface area contributed by atoms with Gasteiger partial charge in [0.2, 0.25) is 0 Å². The second kappa shape index (κ2) is 4.50. The number of hydrogen-bond acceptors (Lipinski definition) is 4. The quantitative estimate of drug-likeness (QED) is 0.254. The van der Waals surface area contributed by atoms with E-state index >= 15 is 0 Å². The molecule has 0 aliphatic carbocycles. The van der Waals surface area contributed by atoms with E-state index in [9.17, 15) is 4.57 Å². The topological polar surface area (TPSA) is 107 Å². The van der Waals surface area contributed by atoms with Crippen molar-refractivity contribution in [3.05, 3.63) is 0 Å². The van der Waals surface area contributed by atoms with Crippen LogP contribution in [0.2, 0.25) is 0 Å². The van der Waals surface area contributed by atoms with Crippen molar-refractivity contribution in [2.45, 2.75) is 0 Å². The molecular weight excluding hydrogens is 145 g/mol. The minimum absolute atomic E-state index is 0. The van der Waals surface area contributed by atoms with Crippen LogP contribution in [0.3, 0.4) is 0 Å². The summed E-state index contributed by atoms with van der Waals surface area (Å²) in [6.45, 7) is 0. The molecule has 6 nitrogen and oxygen atoms in total. The average molecular weight is 150 g/mol. The Bertz CT molecular complexity index is 106. The number of phosphoric acid groups is 1. The van der Waals surface area contributed by atoms with Gasteiger partial charge in [-0.05, 0) is 0 Å². The van der Waals surface area contributed by atoms with Crippen LogP contribution in [-0.2, 0) is 9.01 Å². The monoisotopic (exact) mass is 150 g/mol. The van der Waals surface area contributed by atoms with Gasteiger partial charge in [0.25, 0.3) is 0 Å². The van der Waals surface area contributed by atoms with Gasteiger partial charge in [-0.15, -0.1) is 0 Å². The molecule has 0 spiro atoms. The molecule has 50 valence electrons. The summed E-state index contributed by atoms with van der Waals surface area (Å²) < 4.78 is 12.8. The van der Waals surface area contributed by atoms with Gasteiger partial charge in [0.15, 0.2) is 0 Å². The Morgan fingerprint density at radius 1 is 1.33 bits per heavy atom. The van der Waals surface area contributed by atoms with Crippen LogP contribution in [0.5, 0.6) is 0 Å². The van der Waals surface area contributed by atoms with E-state index in [1.165, 1.54) is 0 Å². The predicted molar refractivity (Wildman–Crippen MR) is 30.5 cm³/mol. The zero-order valence-electron chi connectivity index (χ0n) is 3.63. The molecule has 0 atom stereocenters. The van der Waals surface area contributed by atoms with Gasteiger partial charge in [0.1, 0.15) is 0 Å². The van der Waals surface area contributed by atoms with E-state index in [1.807, 2.05) is 0 Å². The molecule has 9 heteroatoms. The molecule has 0 bridgehead atoms. The van der Waals surface area contributed by atoms with Gasteiger partial charge in [-0.25, -0.2) is 4.57 Å². The molecule has 0 fully saturated rings. The molecule has 4 N–H and O–H groups in total. The Kier molecular flexibility index (Phi) is 6.19. The Balaban J connectivity index is 0. The van der Waals surface area contributed by atoms with Gasteiger partial charge in [-0.2, -0.15) is 0 Å². The van der Waals surface area contributed by atoms with E-state index in [0.29, 0.717) is 0 Å². The average Bonchev–Trinajstić information content (AvgIpc) is 1.21. The zero-order chi connectivity index (χ0) is 6.78. The first-order valence-electron chi connectivity index (χ1n) is 1.52. The Hall–Kier alpha value is 0.692. The third kappa shape index (κ3) is 12.0. The Morgan fingerprint density at radius 3 is 1.67 bits per heavy atom. The number of hydrogen-bond donors (Lipinski definition) is 4. The van der Waals surface area contributed by atoms with Crippen LogP contribution in [0.1, 0.15) is 0 Å². The van der Waals surface area contributed by atoms with E-state index in [-0.39, 0.29) is 18.9 Å². The summed E-state index contributed by atoms with van der Waals surface area (Å²) in [4.78, 5) is 15.5. The molecule has 0 amide bonds. The maximum absolute atomic E-state index is 9.59. The van der Waals surface area contributed by atoms with Gasteiger partial charge in [-0.1, -0.05) is 0 Å². The van der Waals surface area contributed by atoms with Crippen molar-refractivity contribution in [3.8, 4) is 0 Å². The summed E-state index contributed by atoms with van der Waals surface area (Å²) in [6.07, 6.45) is 0. The van der Waals surface area contributed by atoms with E-state index < -0.39 is 15.1 Å². The van der Waals surface area contributed by atoms with Crippen molar-refractivity contribution in [2.75, 3.05) is 0 Å². The first-order chi connectivity index (χ1) is 3.42. The standard InChI is InChI=1S/BH4O6P.Li.H/c2-1(3)7-8(4,5)6;;/h2-3H,(H2,4,5,6);;. The van der Waals surface area contributed by atoms with Crippen LogP contribution < -0.4 is 0 Å². The second-order valence-corrected chi connectivity index (χ2v) is 2.11. The predicted octanol–water partition coefficient (Wildman–Crippen LogP) is -2.58. The molecule has 0 saturated heterocycles. The van der Waals surface area contributed by atoms with Crippen molar-refractivity contribution >= 4 is 34.0 Å². The van der Waals surface area contributed by atoms with Crippen molar-refractivity contribution < 1.29 is 28.8 Å². The fourth-order valence-corrected chi connectivity index (χ4v) is 0.368. The molecule has 0 aromatic rings. The van der Waals surface area contributed by atoms with Crippen molar-refractivity contribution in [2.24, 2.45) is 0 Å². The van der Waals surface area contributed by atoms with Crippen molar-refractivity contribution in [3.63, 3.8) is 0 Å². The Labute approximate surface area is 63.4 Å². The van der Waals surface area contributed by atoms with Crippen molar-refractivity contribution in [1.29, 1.82) is 0 Å². The molecule has 0 radical (unpaired) electrons. The van der Waals surface area contributed by atoms with Crippen LogP contribution in [0.4, 0.5) is 0 Å². The molecule has 0 unspecified atom stereocenters. The molecule has 9 heavy (non-hydrogen) atoms. The first kappa shape index (κ1) is 12.4. The van der Waals surface area contributed by atoms with Gasteiger partial charge >= 0.3 is 34.0 Å². The van der Waals surface area contributed by atoms with E-state index in [4.69, 9.17) is 19.8 Å². The van der Waals surface area contributed by atoms with Gasteiger partial charge in [0, 0.05) is 0 Å². The normalized spacial score (nSPS) is 10.2. The number of rotatable bonds is 2. The molecule has 0 aliphatic rings. The van der Waals surface area contributed by atoms with E-state index in [2.05, 4.69) is 4.44 Å². The summed E-state index contributed by atoms with van der Waals surface area (Å²) >= 11 is 0. The summed E-state index contributed by atoms with van der Waals surface area (Å²) in [5.41, 5.74) is 0. The van der Waals surface area contributed by atoms with Crippen molar-refractivity contribution in [1.82, 2.24) is 0 Å². The molecule has 0 aromatic heterocycles. The van der Waals surface area contributed by atoms with E-state index in [0.717, 1.165) is 0 Å². The third-order valence-corrected chi connectivity index (χ3v) is 0.695. The van der Waals surface area contributed by atoms with Crippen LogP contribution in [0.25, 0.3) is 0 Å². The van der Waals surface area contributed by atoms with E-state index in [1.54, 1.807) is 0 Å². The molecule has 0 saturated carbocycles. The van der Waals surface area contributed by atoms with Crippen LogP contribution in [0.15, 0.2) is 0 Å². The zero-order valence-corrected chi connectivity index (χ0v) is 4.52. The van der Waals surface area contributed by atoms with Crippen LogP contribution >= 0.6 is 7.82 Å².